The molecular formula is C14H8ClF3N2O. The van der Waals surface area contributed by atoms with Gasteiger partial charge in [-0.1, -0.05) is 17.7 Å². The number of nitriles is 1. The molecule has 0 fully saturated rings. The Kier molecular flexibility index (Phi) is 3.79. The van der Waals surface area contributed by atoms with Crippen molar-refractivity contribution in [1.82, 2.24) is 4.98 Å². The highest BCUT2D eigenvalue weighted by atomic mass is 35.5. The molecule has 0 bridgehead atoms. The number of aromatic amines is 1. The zero-order valence-electron chi connectivity index (χ0n) is 10.7. The summed E-state index contributed by atoms with van der Waals surface area (Å²) >= 11 is 5.65. The number of alkyl halides is 3. The lowest BCUT2D eigenvalue weighted by atomic mass is 9.99. The number of benzene rings is 1. The fraction of sp³-hybridized carbons (Fsp3) is 0.143. The summed E-state index contributed by atoms with van der Waals surface area (Å²) < 4.78 is 38.0. The largest absolute Gasteiger partial charge is 0.417 e. The Hall–Kier alpha value is -2.26. The van der Waals surface area contributed by atoms with E-state index >= 15 is 0 Å². The lowest BCUT2D eigenvalue weighted by Crippen LogP contribution is -2.13. The first-order chi connectivity index (χ1) is 9.74. The maximum atomic E-state index is 12.7. The van der Waals surface area contributed by atoms with E-state index in [1.807, 2.05) is 0 Å². The highest BCUT2D eigenvalue weighted by Crippen LogP contribution is 2.37. The molecule has 0 unspecified atom stereocenters. The number of aromatic nitrogens is 1. The van der Waals surface area contributed by atoms with E-state index in [0.29, 0.717) is 5.69 Å². The molecule has 0 aliphatic rings. The average molecular weight is 313 g/mol. The first-order valence-electron chi connectivity index (χ1n) is 5.75. The van der Waals surface area contributed by atoms with E-state index in [0.717, 1.165) is 12.1 Å². The van der Waals surface area contributed by atoms with Gasteiger partial charge in [-0.2, -0.15) is 18.4 Å². The molecule has 1 aromatic heterocycles. The standard InChI is InChI=1S/C14H8ClF3N2O/c1-7-4-9(10(6-19)13(21)20-7)8-2-3-11(12(15)5-8)14(16,17)18/h2-5H,1H3,(H,20,21). The number of halogens is 4. The molecule has 2 rings (SSSR count). The Morgan fingerprint density at radius 3 is 2.48 bits per heavy atom. The van der Waals surface area contributed by atoms with Gasteiger partial charge in [0.25, 0.3) is 5.56 Å². The van der Waals surface area contributed by atoms with Gasteiger partial charge in [-0.15, -0.1) is 0 Å². The van der Waals surface area contributed by atoms with E-state index in [2.05, 4.69) is 4.98 Å². The molecule has 0 atom stereocenters. The van der Waals surface area contributed by atoms with Crippen LogP contribution in [0.15, 0.2) is 29.1 Å². The number of nitrogens with zero attached hydrogens (tertiary/aromatic N) is 1. The lowest BCUT2D eigenvalue weighted by Gasteiger charge is -2.11. The average Bonchev–Trinajstić information content (AvgIpc) is 2.36. The quantitative estimate of drug-likeness (QED) is 0.868. The van der Waals surface area contributed by atoms with Crippen molar-refractivity contribution in [3.63, 3.8) is 0 Å². The predicted octanol–water partition coefficient (Wildman–Crippen LogP) is 3.89. The minimum atomic E-state index is -4.56. The Balaban J connectivity index is 2.68. The van der Waals surface area contributed by atoms with Crippen LogP contribution in [0.25, 0.3) is 11.1 Å². The minimum Gasteiger partial charge on any atom is -0.325 e. The highest BCUT2D eigenvalue weighted by molar-refractivity contribution is 6.31. The Labute approximate surface area is 122 Å². The number of hydrogen-bond acceptors (Lipinski definition) is 2. The van der Waals surface area contributed by atoms with Crippen LogP contribution < -0.4 is 5.56 Å². The second-order valence-corrected chi connectivity index (χ2v) is 4.78. The summed E-state index contributed by atoms with van der Waals surface area (Å²) in [5.41, 5.74) is -0.717. The molecule has 0 saturated heterocycles. The lowest BCUT2D eigenvalue weighted by molar-refractivity contribution is -0.137. The minimum absolute atomic E-state index is 0.170. The summed E-state index contributed by atoms with van der Waals surface area (Å²) in [6.07, 6.45) is -4.56. The van der Waals surface area contributed by atoms with Crippen LogP contribution in [0.5, 0.6) is 0 Å². The van der Waals surface area contributed by atoms with Crippen LogP contribution in [0.2, 0.25) is 5.02 Å². The van der Waals surface area contributed by atoms with Gasteiger partial charge in [0.05, 0.1) is 10.6 Å². The monoisotopic (exact) mass is 312 g/mol. The number of hydrogen-bond donors (Lipinski definition) is 1. The van der Waals surface area contributed by atoms with Crippen LogP contribution in [0.3, 0.4) is 0 Å². The third-order valence-electron chi connectivity index (χ3n) is 2.87. The highest BCUT2D eigenvalue weighted by Gasteiger charge is 2.33. The number of pyridine rings is 1. The first-order valence-corrected chi connectivity index (χ1v) is 6.13. The second kappa shape index (κ2) is 5.26. The zero-order chi connectivity index (χ0) is 15.8. The Morgan fingerprint density at radius 2 is 1.95 bits per heavy atom. The molecule has 108 valence electrons. The van der Waals surface area contributed by atoms with Gasteiger partial charge in [-0.3, -0.25) is 4.79 Å². The summed E-state index contributed by atoms with van der Waals surface area (Å²) in [5, 5.41) is 8.54. The fourth-order valence-corrected chi connectivity index (χ4v) is 2.23. The molecule has 0 saturated carbocycles. The van der Waals surface area contributed by atoms with Gasteiger partial charge >= 0.3 is 6.18 Å². The van der Waals surface area contributed by atoms with Crippen LogP contribution >= 0.6 is 11.6 Å². The summed E-state index contributed by atoms with van der Waals surface area (Å²) in [5.74, 6) is 0. The molecule has 1 aromatic carbocycles. The second-order valence-electron chi connectivity index (χ2n) is 4.37. The molecule has 1 heterocycles. The Bertz CT molecular complexity index is 803. The molecule has 2 aromatic rings. The number of nitrogens with one attached hydrogen (secondary N) is 1. The number of aryl methyl sites for hydroxylation is 1. The van der Waals surface area contributed by atoms with Gasteiger partial charge in [0, 0.05) is 11.3 Å². The van der Waals surface area contributed by atoms with Crippen molar-refractivity contribution in [3.05, 3.63) is 56.5 Å². The number of rotatable bonds is 1. The van der Waals surface area contributed by atoms with Gasteiger partial charge in [0.1, 0.15) is 11.6 Å². The van der Waals surface area contributed by atoms with Crippen LogP contribution in [-0.4, -0.2) is 4.98 Å². The molecule has 0 aliphatic heterocycles. The molecule has 7 heteroatoms. The van der Waals surface area contributed by atoms with Crippen molar-refractivity contribution in [2.75, 3.05) is 0 Å². The molecular weight excluding hydrogens is 305 g/mol. The molecule has 0 amide bonds. The van der Waals surface area contributed by atoms with Gasteiger partial charge in [0.2, 0.25) is 0 Å². The topological polar surface area (TPSA) is 56.6 Å². The van der Waals surface area contributed by atoms with Crippen molar-refractivity contribution in [2.45, 2.75) is 13.1 Å². The van der Waals surface area contributed by atoms with Crippen molar-refractivity contribution in [3.8, 4) is 17.2 Å². The van der Waals surface area contributed by atoms with Crippen LogP contribution in [0.1, 0.15) is 16.8 Å². The predicted molar refractivity (Wildman–Crippen MR) is 72.0 cm³/mol. The maximum Gasteiger partial charge on any atom is 0.417 e. The van der Waals surface area contributed by atoms with E-state index in [1.54, 1.807) is 13.0 Å². The summed E-state index contributed by atoms with van der Waals surface area (Å²) in [6, 6.07) is 6.37. The number of H-pyrrole nitrogens is 1. The SMILES string of the molecule is Cc1cc(-c2ccc(C(F)(F)F)c(Cl)c2)c(C#N)c(=O)[nH]1. The fourth-order valence-electron chi connectivity index (χ4n) is 1.94. The molecule has 0 aliphatic carbocycles. The normalized spacial score (nSPS) is 11.2. The van der Waals surface area contributed by atoms with Crippen molar-refractivity contribution >= 4 is 11.6 Å². The summed E-state index contributed by atoms with van der Waals surface area (Å²) in [4.78, 5) is 14.1. The van der Waals surface area contributed by atoms with Crippen molar-refractivity contribution in [1.29, 1.82) is 5.26 Å². The van der Waals surface area contributed by atoms with Gasteiger partial charge in [-0.05, 0) is 30.7 Å². The van der Waals surface area contributed by atoms with Crippen LogP contribution in [0, 0.1) is 18.3 Å². The van der Waals surface area contributed by atoms with Crippen LogP contribution in [-0.2, 0) is 6.18 Å². The van der Waals surface area contributed by atoms with E-state index in [-0.39, 0.29) is 16.7 Å². The van der Waals surface area contributed by atoms with Gasteiger partial charge in [0.15, 0.2) is 0 Å². The van der Waals surface area contributed by atoms with E-state index < -0.39 is 22.3 Å². The Morgan fingerprint density at radius 1 is 1.29 bits per heavy atom. The third-order valence-corrected chi connectivity index (χ3v) is 3.18. The smallest absolute Gasteiger partial charge is 0.325 e. The van der Waals surface area contributed by atoms with Crippen LogP contribution in [0.4, 0.5) is 13.2 Å². The first kappa shape index (κ1) is 15.1. The van der Waals surface area contributed by atoms with E-state index in [1.165, 1.54) is 12.1 Å². The van der Waals surface area contributed by atoms with E-state index in [4.69, 9.17) is 16.9 Å². The molecule has 0 spiro atoms. The third kappa shape index (κ3) is 2.93. The van der Waals surface area contributed by atoms with Crippen molar-refractivity contribution < 1.29 is 13.2 Å². The van der Waals surface area contributed by atoms with Gasteiger partial charge < -0.3 is 4.98 Å². The molecule has 0 radical (unpaired) electrons. The van der Waals surface area contributed by atoms with Gasteiger partial charge in [-0.25, -0.2) is 0 Å². The molecule has 21 heavy (non-hydrogen) atoms. The molecule has 1 N–H and O–H groups in total. The van der Waals surface area contributed by atoms with Crippen molar-refractivity contribution in [2.24, 2.45) is 0 Å². The maximum absolute atomic E-state index is 12.7. The summed E-state index contributed by atoms with van der Waals surface area (Å²) in [7, 11) is 0. The zero-order valence-corrected chi connectivity index (χ0v) is 11.4. The van der Waals surface area contributed by atoms with E-state index in [9.17, 15) is 18.0 Å². The summed E-state index contributed by atoms with van der Waals surface area (Å²) in [6.45, 7) is 1.61. The molecule has 3 nitrogen and oxygen atoms in total.